The molecular weight excluding hydrogens is 460 g/mol. The molecule has 0 aliphatic heterocycles. The molecule has 0 saturated carbocycles. The van der Waals surface area contributed by atoms with Gasteiger partial charge in [0.15, 0.2) is 11.5 Å². The largest absolute Gasteiger partial charge is 0.335 e. The third kappa shape index (κ3) is 3.79. The number of aromatic nitrogens is 6. The van der Waals surface area contributed by atoms with Crippen LogP contribution >= 0.6 is 0 Å². The summed E-state index contributed by atoms with van der Waals surface area (Å²) in [5.41, 5.74) is 5.24. The first kappa shape index (κ1) is 22.0. The number of H-pyrrole nitrogens is 2. The van der Waals surface area contributed by atoms with Crippen LogP contribution in [0, 0.1) is 11.6 Å². The minimum absolute atomic E-state index is 0.336. The van der Waals surface area contributed by atoms with Gasteiger partial charge in [0.2, 0.25) is 0 Å². The molecule has 7 nitrogen and oxygen atoms in total. The van der Waals surface area contributed by atoms with E-state index in [0.717, 1.165) is 5.56 Å². The zero-order valence-electron chi connectivity index (χ0n) is 19.5. The molecule has 36 heavy (non-hydrogen) atoms. The predicted octanol–water partition coefficient (Wildman–Crippen LogP) is 5.57. The number of pyridine rings is 2. The highest BCUT2D eigenvalue weighted by Crippen LogP contribution is 2.34. The summed E-state index contributed by atoms with van der Waals surface area (Å²) in [4.78, 5) is 18.5. The number of fused-ring (bicyclic) bond motifs is 2. The van der Waals surface area contributed by atoms with Crippen LogP contribution in [0.5, 0.6) is 0 Å². The van der Waals surface area contributed by atoms with E-state index in [1.807, 2.05) is 25.1 Å². The molecule has 0 unspecified atom stereocenters. The Morgan fingerprint density at radius 2 is 1.78 bits per heavy atom. The van der Waals surface area contributed by atoms with E-state index >= 15 is 4.39 Å². The van der Waals surface area contributed by atoms with Gasteiger partial charge in [0.05, 0.1) is 11.0 Å². The van der Waals surface area contributed by atoms with Gasteiger partial charge in [-0.1, -0.05) is 18.2 Å². The van der Waals surface area contributed by atoms with Crippen molar-refractivity contribution in [2.45, 2.75) is 6.54 Å². The van der Waals surface area contributed by atoms with Crippen LogP contribution in [0.3, 0.4) is 0 Å². The van der Waals surface area contributed by atoms with Crippen molar-refractivity contribution in [2.24, 2.45) is 0 Å². The summed E-state index contributed by atoms with van der Waals surface area (Å²) in [7, 11) is 3.94. The van der Waals surface area contributed by atoms with E-state index in [-0.39, 0.29) is 11.6 Å². The molecular formula is C27H21F2N7. The van der Waals surface area contributed by atoms with E-state index in [0.29, 0.717) is 62.4 Å². The second kappa shape index (κ2) is 8.62. The first-order chi connectivity index (χ1) is 17.5. The number of imidazole rings is 1. The summed E-state index contributed by atoms with van der Waals surface area (Å²) in [6.45, 7) is 0.692. The Morgan fingerprint density at radius 3 is 2.61 bits per heavy atom. The van der Waals surface area contributed by atoms with Crippen molar-refractivity contribution in [3.05, 3.63) is 84.3 Å². The van der Waals surface area contributed by atoms with Crippen molar-refractivity contribution in [2.75, 3.05) is 14.1 Å². The number of rotatable bonds is 5. The molecule has 0 fully saturated rings. The molecule has 0 saturated heterocycles. The maximum absolute atomic E-state index is 15.1. The number of nitrogens with zero attached hydrogens (tertiary/aromatic N) is 5. The molecule has 0 spiro atoms. The zero-order valence-corrected chi connectivity index (χ0v) is 19.5. The summed E-state index contributed by atoms with van der Waals surface area (Å²) in [6, 6.07) is 13.4. The average molecular weight is 482 g/mol. The Labute approximate surface area is 204 Å². The lowest BCUT2D eigenvalue weighted by atomic mass is 10.0. The summed E-state index contributed by atoms with van der Waals surface area (Å²) in [5.74, 6) is -0.268. The van der Waals surface area contributed by atoms with Crippen LogP contribution in [0.1, 0.15) is 5.56 Å². The monoisotopic (exact) mass is 481 g/mol. The Kier molecular flexibility index (Phi) is 5.26. The normalized spacial score (nSPS) is 11.7. The maximum Gasteiger partial charge on any atom is 0.178 e. The molecule has 0 atom stereocenters. The number of hydrogen-bond acceptors (Lipinski definition) is 5. The summed E-state index contributed by atoms with van der Waals surface area (Å²) < 4.78 is 29.6. The fraction of sp³-hybridized carbons (Fsp3) is 0.111. The number of hydrogen-bond donors (Lipinski definition) is 2. The van der Waals surface area contributed by atoms with Gasteiger partial charge >= 0.3 is 0 Å². The maximum atomic E-state index is 15.1. The Balaban J connectivity index is 1.48. The number of aromatic amines is 2. The predicted molar refractivity (Wildman–Crippen MR) is 135 cm³/mol. The van der Waals surface area contributed by atoms with Crippen molar-refractivity contribution in [3.63, 3.8) is 0 Å². The van der Waals surface area contributed by atoms with Crippen LogP contribution in [-0.4, -0.2) is 49.1 Å². The highest BCUT2D eigenvalue weighted by atomic mass is 19.1. The van der Waals surface area contributed by atoms with E-state index in [2.05, 4.69) is 30.1 Å². The van der Waals surface area contributed by atoms with Crippen LogP contribution in [0.2, 0.25) is 0 Å². The topological polar surface area (TPSA) is 86.4 Å². The minimum Gasteiger partial charge on any atom is -0.335 e. The van der Waals surface area contributed by atoms with Gasteiger partial charge in [0.25, 0.3) is 0 Å². The van der Waals surface area contributed by atoms with E-state index in [1.54, 1.807) is 48.9 Å². The third-order valence-electron chi connectivity index (χ3n) is 6.04. The van der Waals surface area contributed by atoms with E-state index in [9.17, 15) is 4.39 Å². The first-order valence-corrected chi connectivity index (χ1v) is 11.3. The molecule has 6 rings (SSSR count). The van der Waals surface area contributed by atoms with E-state index in [1.165, 1.54) is 12.1 Å². The fourth-order valence-corrected chi connectivity index (χ4v) is 4.45. The highest BCUT2D eigenvalue weighted by molar-refractivity contribution is 5.97. The van der Waals surface area contributed by atoms with Crippen LogP contribution in [0.4, 0.5) is 8.78 Å². The smallest absolute Gasteiger partial charge is 0.178 e. The first-order valence-electron chi connectivity index (χ1n) is 11.3. The molecule has 0 aliphatic rings. The summed E-state index contributed by atoms with van der Waals surface area (Å²) >= 11 is 0. The molecule has 178 valence electrons. The van der Waals surface area contributed by atoms with Crippen molar-refractivity contribution in [1.29, 1.82) is 0 Å². The second-order valence-electron chi connectivity index (χ2n) is 8.89. The van der Waals surface area contributed by atoms with Gasteiger partial charge in [-0.25, -0.2) is 18.7 Å². The van der Waals surface area contributed by atoms with Gasteiger partial charge in [-0.2, -0.15) is 5.10 Å². The summed E-state index contributed by atoms with van der Waals surface area (Å²) in [5, 5.41) is 7.99. The standard InChI is InChI=1S/C27H21F2N7/c1-36(2)14-15-9-16(13-30-12-15)19-10-20-23(11-22(19)29)34-35-25(20)27-32-24-18(7-8-31-26(24)33-27)17-5-3-4-6-21(17)28/h3-13H,14H2,1-2H3,(H,34,35)(H,31,32,33). The molecule has 2 N–H and O–H groups in total. The average Bonchev–Trinajstić information content (AvgIpc) is 3.47. The van der Waals surface area contributed by atoms with Crippen molar-refractivity contribution < 1.29 is 8.78 Å². The van der Waals surface area contributed by atoms with Crippen LogP contribution in [0.15, 0.2) is 67.1 Å². The quantitative estimate of drug-likeness (QED) is 0.336. The molecule has 4 aromatic heterocycles. The number of halogens is 2. The molecule has 0 aliphatic carbocycles. The SMILES string of the molecule is CN(C)Cc1cncc(-c2cc3c(-c4nc5nccc(-c6ccccc6F)c5[nH]4)n[nH]c3cc2F)c1. The molecule has 2 aromatic carbocycles. The fourth-order valence-electron chi connectivity index (χ4n) is 4.45. The number of nitrogens with one attached hydrogen (secondary N) is 2. The molecule has 9 heteroatoms. The Morgan fingerprint density at radius 1 is 0.917 bits per heavy atom. The lowest BCUT2D eigenvalue weighted by molar-refractivity contribution is 0.402. The van der Waals surface area contributed by atoms with Crippen molar-refractivity contribution in [3.8, 4) is 33.8 Å². The third-order valence-corrected chi connectivity index (χ3v) is 6.04. The van der Waals surface area contributed by atoms with E-state index in [4.69, 9.17) is 0 Å². The minimum atomic E-state index is -0.380. The Hall–Kier alpha value is -4.50. The van der Waals surface area contributed by atoms with Gasteiger partial charge in [-0.3, -0.25) is 10.1 Å². The molecule has 0 bridgehead atoms. The Bertz CT molecular complexity index is 1740. The zero-order chi connectivity index (χ0) is 24.8. The van der Waals surface area contributed by atoms with Crippen LogP contribution in [-0.2, 0) is 6.54 Å². The molecule has 6 aromatic rings. The van der Waals surface area contributed by atoms with Gasteiger partial charge in [-0.05, 0) is 43.9 Å². The van der Waals surface area contributed by atoms with Crippen LogP contribution < -0.4 is 0 Å². The second-order valence-corrected chi connectivity index (χ2v) is 8.89. The highest BCUT2D eigenvalue weighted by Gasteiger charge is 2.19. The van der Waals surface area contributed by atoms with Crippen molar-refractivity contribution in [1.82, 2.24) is 35.0 Å². The lowest BCUT2D eigenvalue weighted by Crippen LogP contribution is -2.10. The van der Waals surface area contributed by atoms with Gasteiger partial charge in [0.1, 0.15) is 17.3 Å². The molecule has 0 amide bonds. The molecule has 0 radical (unpaired) electrons. The van der Waals surface area contributed by atoms with E-state index < -0.39 is 0 Å². The number of benzene rings is 2. The lowest BCUT2D eigenvalue weighted by Gasteiger charge is -2.11. The van der Waals surface area contributed by atoms with Crippen LogP contribution in [0.25, 0.3) is 55.8 Å². The van der Waals surface area contributed by atoms with Gasteiger partial charge in [-0.15, -0.1) is 0 Å². The van der Waals surface area contributed by atoms with Gasteiger partial charge in [0, 0.05) is 58.8 Å². The molecule has 4 heterocycles. The van der Waals surface area contributed by atoms with Gasteiger partial charge < -0.3 is 9.88 Å². The summed E-state index contributed by atoms with van der Waals surface area (Å²) in [6.07, 6.45) is 5.02. The van der Waals surface area contributed by atoms with Crippen molar-refractivity contribution >= 4 is 22.1 Å².